The van der Waals surface area contributed by atoms with E-state index in [1.165, 1.54) is 4.90 Å². The van der Waals surface area contributed by atoms with E-state index in [0.717, 1.165) is 34.1 Å². The Hall–Kier alpha value is -3.12. The zero-order valence-corrected chi connectivity index (χ0v) is 19.2. The molecule has 0 unspecified atom stereocenters. The zero-order valence-electron chi connectivity index (χ0n) is 18.4. The van der Waals surface area contributed by atoms with Gasteiger partial charge in [0.1, 0.15) is 0 Å². The van der Waals surface area contributed by atoms with Crippen molar-refractivity contribution in [3.8, 4) is 0 Å². The first-order chi connectivity index (χ1) is 16.0. The van der Waals surface area contributed by atoms with Crippen molar-refractivity contribution in [3.05, 3.63) is 59.7 Å². The van der Waals surface area contributed by atoms with Crippen molar-refractivity contribution in [1.82, 2.24) is 14.5 Å². The molecule has 1 aliphatic rings. The molecular formula is C22H25F3N4O4S. The highest BCUT2D eigenvalue weighted by Crippen LogP contribution is 2.30. The van der Waals surface area contributed by atoms with Gasteiger partial charge in [-0.1, -0.05) is 19.1 Å². The van der Waals surface area contributed by atoms with Crippen molar-refractivity contribution in [2.45, 2.75) is 31.0 Å². The van der Waals surface area contributed by atoms with Crippen LogP contribution in [0.2, 0.25) is 0 Å². The van der Waals surface area contributed by atoms with Crippen molar-refractivity contribution >= 4 is 27.6 Å². The smallest absolute Gasteiger partial charge is 0.334 e. The van der Waals surface area contributed by atoms with Crippen LogP contribution < -0.4 is 10.6 Å². The lowest BCUT2D eigenvalue weighted by atomic mass is 10.2. The molecule has 184 valence electrons. The number of amides is 3. The van der Waals surface area contributed by atoms with Crippen LogP contribution >= 0.6 is 0 Å². The van der Waals surface area contributed by atoms with E-state index in [0.29, 0.717) is 12.1 Å². The molecule has 0 spiro atoms. The zero-order chi connectivity index (χ0) is 24.9. The normalized spacial score (nSPS) is 15.1. The average molecular weight is 499 g/mol. The Balaban J connectivity index is 1.51. The standard InChI is InChI=1S/C22H25F3N4O4S/c1-2-20(30)27-18-7-3-16(4-8-18)15-26-21(31)28-11-13-29(14-12-28)34(32,33)19-9-5-17(6-10-19)22(23,24)25/h3-10H,2,11-15H2,1H3,(H,26,31)(H,27,30). The number of nitrogens with one attached hydrogen (secondary N) is 2. The molecule has 2 N–H and O–H groups in total. The maximum atomic E-state index is 12.7. The summed E-state index contributed by atoms with van der Waals surface area (Å²) in [5.41, 5.74) is 0.562. The van der Waals surface area contributed by atoms with Crippen molar-refractivity contribution in [2.75, 3.05) is 31.5 Å². The largest absolute Gasteiger partial charge is 0.416 e. The number of halogens is 3. The number of hydrogen-bond donors (Lipinski definition) is 2. The summed E-state index contributed by atoms with van der Waals surface area (Å²) in [5, 5.41) is 5.51. The molecule has 3 amide bonds. The molecule has 0 radical (unpaired) electrons. The number of alkyl halides is 3. The summed E-state index contributed by atoms with van der Waals surface area (Å²) in [6, 6.07) is 10.0. The van der Waals surface area contributed by atoms with Gasteiger partial charge in [0.05, 0.1) is 10.5 Å². The topological polar surface area (TPSA) is 98.8 Å². The Kier molecular flexibility index (Phi) is 7.82. The highest BCUT2D eigenvalue weighted by Gasteiger charge is 2.33. The summed E-state index contributed by atoms with van der Waals surface area (Å²) in [5.74, 6) is -0.0967. The van der Waals surface area contributed by atoms with Crippen LogP contribution in [0.25, 0.3) is 0 Å². The van der Waals surface area contributed by atoms with Crippen LogP contribution in [-0.2, 0) is 27.5 Å². The van der Waals surface area contributed by atoms with Gasteiger partial charge >= 0.3 is 12.2 Å². The van der Waals surface area contributed by atoms with Crippen LogP contribution in [0.15, 0.2) is 53.4 Å². The van der Waals surface area contributed by atoms with Crippen molar-refractivity contribution in [3.63, 3.8) is 0 Å². The minimum atomic E-state index is -4.55. The van der Waals surface area contributed by atoms with Gasteiger partial charge in [-0.05, 0) is 42.0 Å². The second-order valence-electron chi connectivity index (χ2n) is 7.67. The van der Waals surface area contributed by atoms with Crippen LogP contribution in [0, 0.1) is 0 Å². The summed E-state index contributed by atoms with van der Waals surface area (Å²) in [7, 11) is -3.97. The number of sulfonamides is 1. The number of benzene rings is 2. The quantitative estimate of drug-likeness (QED) is 0.639. The number of anilines is 1. The van der Waals surface area contributed by atoms with Gasteiger partial charge in [-0.3, -0.25) is 4.79 Å². The minimum absolute atomic E-state index is 0.0304. The van der Waals surface area contributed by atoms with Gasteiger partial charge in [0.15, 0.2) is 0 Å². The molecule has 1 aliphatic heterocycles. The van der Waals surface area contributed by atoms with Gasteiger partial charge in [-0.15, -0.1) is 0 Å². The summed E-state index contributed by atoms with van der Waals surface area (Å²) in [6.07, 6.45) is -4.18. The molecule has 0 atom stereocenters. The Morgan fingerprint density at radius 1 is 0.941 bits per heavy atom. The Labute approximate surface area is 195 Å². The van der Waals surface area contributed by atoms with Gasteiger partial charge in [0, 0.05) is 44.8 Å². The van der Waals surface area contributed by atoms with E-state index < -0.39 is 21.8 Å². The molecule has 0 aromatic heterocycles. The highest BCUT2D eigenvalue weighted by molar-refractivity contribution is 7.89. The van der Waals surface area contributed by atoms with E-state index >= 15 is 0 Å². The number of urea groups is 1. The first kappa shape index (κ1) is 25.5. The van der Waals surface area contributed by atoms with Gasteiger partial charge < -0.3 is 15.5 Å². The molecule has 0 saturated carbocycles. The van der Waals surface area contributed by atoms with Crippen LogP contribution in [0.4, 0.5) is 23.7 Å². The first-order valence-corrected chi connectivity index (χ1v) is 12.0. The molecule has 1 heterocycles. The number of carbonyl (C=O) groups excluding carboxylic acids is 2. The van der Waals surface area contributed by atoms with Gasteiger partial charge in [-0.25, -0.2) is 13.2 Å². The molecule has 0 bridgehead atoms. The molecule has 34 heavy (non-hydrogen) atoms. The average Bonchev–Trinajstić information content (AvgIpc) is 2.83. The fourth-order valence-electron chi connectivity index (χ4n) is 3.34. The Morgan fingerprint density at radius 2 is 1.53 bits per heavy atom. The van der Waals surface area contributed by atoms with Crippen molar-refractivity contribution in [2.24, 2.45) is 0 Å². The van der Waals surface area contributed by atoms with E-state index in [1.807, 2.05) is 0 Å². The number of carbonyl (C=O) groups is 2. The van der Waals surface area contributed by atoms with Gasteiger partial charge in [0.2, 0.25) is 15.9 Å². The van der Waals surface area contributed by atoms with Crippen molar-refractivity contribution < 1.29 is 31.2 Å². The van der Waals surface area contributed by atoms with Gasteiger partial charge in [-0.2, -0.15) is 17.5 Å². The van der Waals surface area contributed by atoms with Crippen LogP contribution in [0.5, 0.6) is 0 Å². The molecule has 1 saturated heterocycles. The summed E-state index contributed by atoms with van der Waals surface area (Å²) < 4.78 is 64.8. The van der Waals surface area contributed by atoms with Crippen LogP contribution in [0.1, 0.15) is 24.5 Å². The maximum Gasteiger partial charge on any atom is 0.416 e. The highest BCUT2D eigenvalue weighted by atomic mass is 32.2. The summed E-state index contributed by atoms with van der Waals surface area (Å²) >= 11 is 0. The molecule has 3 rings (SSSR count). The fraction of sp³-hybridized carbons (Fsp3) is 0.364. The minimum Gasteiger partial charge on any atom is -0.334 e. The predicted octanol–water partition coefficient (Wildman–Crippen LogP) is 3.27. The fourth-order valence-corrected chi connectivity index (χ4v) is 4.76. The summed E-state index contributed by atoms with van der Waals surface area (Å²) in [6.45, 7) is 2.36. The Bertz CT molecular complexity index is 1110. The number of rotatable bonds is 6. The number of hydrogen-bond acceptors (Lipinski definition) is 4. The second-order valence-corrected chi connectivity index (χ2v) is 9.61. The van der Waals surface area contributed by atoms with E-state index in [9.17, 15) is 31.2 Å². The van der Waals surface area contributed by atoms with E-state index in [-0.39, 0.29) is 49.6 Å². The van der Waals surface area contributed by atoms with Gasteiger partial charge in [0.25, 0.3) is 0 Å². The SMILES string of the molecule is CCC(=O)Nc1ccc(CNC(=O)N2CCN(S(=O)(=O)c3ccc(C(F)(F)F)cc3)CC2)cc1. The lowest BCUT2D eigenvalue weighted by molar-refractivity contribution is -0.137. The third kappa shape index (κ3) is 6.26. The molecule has 0 aliphatic carbocycles. The van der Waals surface area contributed by atoms with Crippen LogP contribution in [0.3, 0.4) is 0 Å². The Morgan fingerprint density at radius 3 is 2.06 bits per heavy atom. The third-order valence-electron chi connectivity index (χ3n) is 5.35. The molecular weight excluding hydrogens is 473 g/mol. The van der Waals surface area contributed by atoms with E-state index in [4.69, 9.17) is 0 Å². The lowest BCUT2D eigenvalue weighted by Gasteiger charge is -2.34. The predicted molar refractivity (Wildman–Crippen MR) is 119 cm³/mol. The van der Waals surface area contributed by atoms with Crippen LogP contribution in [-0.4, -0.2) is 55.7 Å². The first-order valence-electron chi connectivity index (χ1n) is 10.6. The molecule has 12 heteroatoms. The third-order valence-corrected chi connectivity index (χ3v) is 7.26. The van der Waals surface area contributed by atoms with Crippen molar-refractivity contribution in [1.29, 1.82) is 0 Å². The second kappa shape index (κ2) is 10.4. The molecule has 2 aromatic carbocycles. The molecule has 8 nitrogen and oxygen atoms in total. The van der Waals surface area contributed by atoms with E-state index in [1.54, 1.807) is 31.2 Å². The van der Waals surface area contributed by atoms with E-state index in [2.05, 4.69) is 10.6 Å². The molecule has 1 fully saturated rings. The molecule has 2 aromatic rings. The number of piperazine rings is 1. The summed E-state index contributed by atoms with van der Waals surface area (Å²) in [4.78, 5) is 25.1. The maximum absolute atomic E-state index is 12.7. The monoisotopic (exact) mass is 498 g/mol. The number of nitrogens with zero attached hydrogens (tertiary/aromatic N) is 2. The lowest BCUT2D eigenvalue weighted by Crippen LogP contribution is -2.52.